The van der Waals surface area contributed by atoms with Gasteiger partial charge < -0.3 is 10.2 Å². The number of hydrogen-bond donors (Lipinski definition) is 1. The molecule has 134 valence electrons. The number of halogens is 1. The van der Waals surface area contributed by atoms with E-state index in [-0.39, 0.29) is 0 Å². The molecule has 0 saturated heterocycles. The SMILES string of the molecule is Cc1ccc2nc(/C=C/c3ccc(Br)cc3)nc(NCCN(C)C)c2c1. The molecule has 0 spiro atoms. The van der Waals surface area contributed by atoms with E-state index < -0.39 is 0 Å². The average molecular weight is 411 g/mol. The number of likely N-dealkylation sites (N-methyl/N-ethyl adjacent to an activating group) is 1. The van der Waals surface area contributed by atoms with E-state index in [1.807, 2.05) is 24.3 Å². The Morgan fingerprint density at radius 2 is 1.81 bits per heavy atom. The summed E-state index contributed by atoms with van der Waals surface area (Å²) < 4.78 is 1.07. The molecule has 0 bridgehead atoms. The van der Waals surface area contributed by atoms with Gasteiger partial charge in [0.2, 0.25) is 0 Å². The van der Waals surface area contributed by atoms with Crippen LogP contribution in [0.5, 0.6) is 0 Å². The molecule has 1 aromatic heterocycles. The maximum Gasteiger partial charge on any atom is 0.154 e. The summed E-state index contributed by atoms with van der Waals surface area (Å²) in [6.45, 7) is 3.87. The van der Waals surface area contributed by atoms with Crippen molar-refractivity contribution in [2.24, 2.45) is 0 Å². The van der Waals surface area contributed by atoms with E-state index in [9.17, 15) is 0 Å². The number of aryl methyl sites for hydroxylation is 1. The first-order chi connectivity index (χ1) is 12.5. The van der Waals surface area contributed by atoms with E-state index in [0.717, 1.165) is 39.8 Å². The van der Waals surface area contributed by atoms with Crippen molar-refractivity contribution < 1.29 is 0 Å². The molecule has 0 unspecified atom stereocenters. The van der Waals surface area contributed by atoms with Gasteiger partial charge in [-0.05, 0) is 56.9 Å². The number of rotatable bonds is 6. The highest BCUT2D eigenvalue weighted by Crippen LogP contribution is 2.22. The quantitative estimate of drug-likeness (QED) is 0.630. The lowest BCUT2D eigenvalue weighted by molar-refractivity contribution is 0.425. The van der Waals surface area contributed by atoms with Crippen molar-refractivity contribution in [3.8, 4) is 0 Å². The zero-order valence-corrected chi connectivity index (χ0v) is 16.9. The van der Waals surface area contributed by atoms with Crippen LogP contribution in [0.1, 0.15) is 17.0 Å². The molecule has 0 amide bonds. The summed E-state index contributed by atoms with van der Waals surface area (Å²) in [7, 11) is 4.13. The summed E-state index contributed by atoms with van der Waals surface area (Å²) in [5.41, 5.74) is 3.27. The Morgan fingerprint density at radius 1 is 1.04 bits per heavy atom. The summed E-state index contributed by atoms with van der Waals surface area (Å²) in [6, 6.07) is 14.4. The number of benzene rings is 2. The molecule has 4 nitrogen and oxygen atoms in total. The van der Waals surface area contributed by atoms with Crippen molar-refractivity contribution >= 4 is 44.8 Å². The first kappa shape index (κ1) is 18.5. The van der Waals surface area contributed by atoms with Gasteiger partial charge in [0.05, 0.1) is 5.52 Å². The monoisotopic (exact) mass is 410 g/mol. The van der Waals surface area contributed by atoms with E-state index in [0.29, 0.717) is 5.82 Å². The second-order valence-corrected chi connectivity index (χ2v) is 7.48. The van der Waals surface area contributed by atoms with E-state index in [1.54, 1.807) is 0 Å². The Hall–Kier alpha value is -2.24. The highest BCUT2D eigenvalue weighted by atomic mass is 79.9. The fourth-order valence-electron chi connectivity index (χ4n) is 2.61. The third-order valence-corrected chi connectivity index (χ3v) is 4.54. The van der Waals surface area contributed by atoms with Crippen LogP contribution in [0.25, 0.3) is 23.1 Å². The first-order valence-electron chi connectivity index (χ1n) is 8.62. The number of fused-ring (bicyclic) bond motifs is 1. The van der Waals surface area contributed by atoms with Crippen molar-refractivity contribution in [2.75, 3.05) is 32.5 Å². The molecule has 0 radical (unpaired) electrons. The Labute approximate surface area is 163 Å². The van der Waals surface area contributed by atoms with Gasteiger partial charge in [-0.3, -0.25) is 0 Å². The predicted octanol–water partition coefficient (Wildman–Crippen LogP) is 4.84. The standard InChI is InChI=1S/C21H23BrN4/c1-15-4-10-19-18(14-15)21(23-12-13-26(2)3)25-20(24-19)11-7-16-5-8-17(22)9-6-16/h4-11,14H,12-13H2,1-3H3,(H,23,24,25)/b11-7+. The van der Waals surface area contributed by atoms with Crippen LogP contribution in [-0.4, -0.2) is 42.1 Å². The lowest BCUT2D eigenvalue weighted by Gasteiger charge is -2.13. The Bertz CT molecular complexity index is 917. The summed E-state index contributed by atoms with van der Waals surface area (Å²) >= 11 is 3.46. The molecular weight excluding hydrogens is 388 g/mol. The molecule has 26 heavy (non-hydrogen) atoms. The molecule has 3 aromatic rings. The van der Waals surface area contributed by atoms with Crippen molar-refractivity contribution in [1.29, 1.82) is 0 Å². The topological polar surface area (TPSA) is 41.1 Å². The second kappa shape index (κ2) is 8.43. The van der Waals surface area contributed by atoms with Gasteiger partial charge in [-0.15, -0.1) is 0 Å². The molecule has 5 heteroatoms. The molecule has 0 aliphatic rings. The zero-order valence-electron chi connectivity index (χ0n) is 15.3. The van der Waals surface area contributed by atoms with Gasteiger partial charge in [0.15, 0.2) is 5.82 Å². The summed E-state index contributed by atoms with van der Waals surface area (Å²) in [5.74, 6) is 1.59. The van der Waals surface area contributed by atoms with Gasteiger partial charge in [0, 0.05) is 22.9 Å². The van der Waals surface area contributed by atoms with E-state index in [2.05, 4.69) is 77.5 Å². The van der Waals surface area contributed by atoms with Crippen molar-refractivity contribution in [1.82, 2.24) is 14.9 Å². The van der Waals surface area contributed by atoms with Crippen LogP contribution in [0.2, 0.25) is 0 Å². The van der Waals surface area contributed by atoms with E-state index in [4.69, 9.17) is 9.97 Å². The fraction of sp³-hybridized carbons (Fsp3) is 0.238. The minimum absolute atomic E-state index is 0.705. The highest BCUT2D eigenvalue weighted by molar-refractivity contribution is 9.10. The molecule has 1 heterocycles. The summed E-state index contributed by atoms with van der Waals surface area (Å²) in [5, 5.41) is 4.52. The number of nitrogens with one attached hydrogen (secondary N) is 1. The van der Waals surface area contributed by atoms with Gasteiger partial charge in [-0.1, -0.05) is 45.8 Å². The van der Waals surface area contributed by atoms with Gasteiger partial charge in [0.1, 0.15) is 5.82 Å². The first-order valence-corrected chi connectivity index (χ1v) is 9.41. The van der Waals surface area contributed by atoms with Crippen molar-refractivity contribution in [2.45, 2.75) is 6.92 Å². The molecule has 0 saturated carbocycles. The average Bonchev–Trinajstić information content (AvgIpc) is 2.61. The van der Waals surface area contributed by atoms with Gasteiger partial charge in [-0.25, -0.2) is 9.97 Å². The van der Waals surface area contributed by atoms with E-state index in [1.165, 1.54) is 5.56 Å². The molecule has 3 rings (SSSR count). The van der Waals surface area contributed by atoms with Crippen LogP contribution in [0.4, 0.5) is 5.82 Å². The molecule has 0 aliphatic heterocycles. The second-order valence-electron chi connectivity index (χ2n) is 6.57. The van der Waals surface area contributed by atoms with Crippen molar-refractivity contribution in [3.05, 3.63) is 63.9 Å². The Balaban J connectivity index is 1.92. The molecule has 0 atom stereocenters. The molecule has 1 N–H and O–H groups in total. The van der Waals surface area contributed by atoms with Crippen LogP contribution in [0.15, 0.2) is 46.9 Å². The number of aromatic nitrogens is 2. The maximum atomic E-state index is 4.73. The lowest BCUT2D eigenvalue weighted by atomic mass is 10.1. The molecule has 0 aliphatic carbocycles. The van der Waals surface area contributed by atoms with Crippen LogP contribution in [0.3, 0.4) is 0 Å². The molecule has 0 fully saturated rings. The maximum absolute atomic E-state index is 4.73. The van der Waals surface area contributed by atoms with Crippen LogP contribution in [0, 0.1) is 6.92 Å². The zero-order chi connectivity index (χ0) is 18.5. The van der Waals surface area contributed by atoms with Gasteiger partial charge >= 0.3 is 0 Å². The molecule has 2 aromatic carbocycles. The Kier molecular flexibility index (Phi) is 6.01. The van der Waals surface area contributed by atoms with Crippen LogP contribution >= 0.6 is 15.9 Å². The third kappa shape index (κ3) is 4.90. The number of anilines is 1. The van der Waals surface area contributed by atoms with Crippen LogP contribution in [-0.2, 0) is 0 Å². The minimum atomic E-state index is 0.705. The fourth-order valence-corrected chi connectivity index (χ4v) is 2.88. The lowest BCUT2D eigenvalue weighted by Crippen LogP contribution is -2.21. The van der Waals surface area contributed by atoms with E-state index >= 15 is 0 Å². The minimum Gasteiger partial charge on any atom is -0.368 e. The summed E-state index contributed by atoms with van der Waals surface area (Å²) in [4.78, 5) is 11.6. The van der Waals surface area contributed by atoms with Gasteiger partial charge in [-0.2, -0.15) is 0 Å². The number of hydrogen-bond acceptors (Lipinski definition) is 4. The predicted molar refractivity (Wildman–Crippen MR) is 114 cm³/mol. The van der Waals surface area contributed by atoms with Gasteiger partial charge in [0.25, 0.3) is 0 Å². The smallest absolute Gasteiger partial charge is 0.154 e. The normalized spacial score (nSPS) is 11.6. The van der Waals surface area contributed by atoms with Crippen molar-refractivity contribution in [3.63, 3.8) is 0 Å². The number of nitrogens with zero attached hydrogens (tertiary/aromatic N) is 3. The summed E-state index contributed by atoms with van der Waals surface area (Å²) in [6.07, 6.45) is 3.99. The Morgan fingerprint density at radius 3 is 2.54 bits per heavy atom. The molecular formula is C21H23BrN4. The largest absolute Gasteiger partial charge is 0.368 e. The van der Waals surface area contributed by atoms with Crippen LogP contribution < -0.4 is 5.32 Å². The third-order valence-electron chi connectivity index (χ3n) is 4.01. The highest BCUT2D eigenvalue weighted by Gasteiger charge is 2.07.